The van der Waals surface area contributed by atoms with Gasteiger partial charge in [-0.1, -0.05) is 5.10 Å². The molecule has 0 aliphatic carbocycles. The molecule has 9 heavy (non-hydrogen) atoms. The minimum Gasteiger partial charge on any atom is -0.481 e. The molecule has 1 aromatic rings. The third kappa shape index (κ3) is 1.48. The smallest absolute Gasteiger partial charge is 0.312 e. The summed E-state index contributed by atoms with van der Waals surface area (Å²) >= 11 is 0. The minimum absolute atomic E-state index is 0.0162. The first kappa shape index (κ1) is 5.67. The van der Waals surface area contributed by atoms with Crippen LogP contribution in [0.4, 0.5) is 0 Å². The number of aliphatic carboxylic acids is 1. The Kier molecular flexibility index (Phi) is 1.39. The molecule has 48 valence electrons. The molecule has 0 radical (unpaired) electrons. The lowest BCUT2D eigenvalue weighted by molar-refractivity contribution is -0.136. The lowest BCUT2D eigenvalue weighted by Crippen LogP contribution is -1.99. The minimum atomic E-state index is -1.01. The van der Waals surface area contributed by atoms with Crippen molar-refractivity contribution in [3.05, 3.63) is 5.89 Å². The fourth-order valence-electron chi connectivity index (χ4n) is 0.349. The molecule has 0 bridgehead atoms. The maximum absolute atomic E-state index is 9.91. The van der Waals surface area contributed by atoms with Crippen molar-refractivity contribution in [2.24, 2.45) is 0 Å². The molecule has 6 nitrogen and oxygen atoms in total. The number of carbonyl (C=O) groups is 1. The zero-order chi connectivity index (χ0) is 6.69. The van der Waals surface area contributed by atoms with Crippen LogP contribution in [0.1, 0.15) is 5.89 Å². The van der Waals surface area contributed by atoms with Crippen molar-refractivity contribution in [3.8, 4) is 0 Å². The van der Waals surface area contributed by atoms with E-state index < -0.39 is 5.97 Å². The van der Waals surface area contributed by atoms with Gasteiger partial charge in [-0.2, -0.15) is 0 Å². The molecule has 1 N–H and O–H groups in total. The predicted octanol–water partition coefficient (Wildman–Crippen LogP) is -0.908. The Balaban J connectivity index is 2.58. The van der Waals surface area contributed by atoms with Crippen LogP contribution in [0.2, 0.25) is 0 Å². The van der Waals surface area contributed by atoms with Gasteiger partial charge < -0.3 is 9.63 Å². The average Bonchev–Trinajstić information content (AvgIpc) is 2.15. The molecule has 6 heteroatoms. The molecule has 0 amide bonds. The Morgan fingerprint density at radius 1 is 1.78 bits per heavy atom. The Morgan fingerprint density at radius 3 is 3.00 bits per heavy atom. The molecule has 0 spiro atoms. The third-order valence-corrected chi connectivity index (χ3v) is 0.641. The van der Waals surface area contributed by atoms with Crippen molar-refractivity contribution < 1.29 is 14.4 Å². The van der Waals surface area contributed by atoms with Crippen LogP contribution in [0.25, 0.3) is 0 Å². The topological polar surface area (TPSA) is 89.1 Å². The highest BCUT2D eigenvalue weighted by molar-refractivity contribution is 5.68. The van der Waals surface area contributed by atoms with Crippen LogP contribution in [-0.2, 0) is 11.2 Å². The second-order valence-electron chi connectivity index (χ2n) is 1.33. The highest BCUT2D eigenvalue weighted by Crippen LogP contribution is 1.88. The molecule has 0 aliphatic rings. The molecule has 0 saturated heterocycles. The van der Waals surface area contributed by atoms with Crippen LogP contribution in [0.15, 0.2) is 4.52 Å². The second-order valence-corrected chi connectivity index (χ2v) is 1.33. The van der Waals surface area contributed by atoms with Crippen molar-refractivity contribution in [1.82, 2.24) is 15.6 Å². The van der Waals surface area contributed by atoms with E-state index in [2.05, 4.69) is 20.1 Å². The Labute approximate surface area is 49.5 Å². The van der Waals surface area contributed by atoms with Gasteiger partial charge in [0.1, 0.15) is 6.42 Å². The number of aromatic nitrogens is 3. The van der Waals surface area contributed by atoms with Crippen LogP contribution in [0, 0.1) is 0 Å². The summed E-state index contributed by atoms with van der Waals surface area (Å²) in [5.41, 5.74) is 0. The lowest BCUT2D eigenvalue weighted by Gasteiger charge is -1.80. The van der Waals surface area contributed by atoms with E-state index >= 15 is 0 Å². The predicted molar refractivity (Wildman–Crippen MR) is 23.4 cm³/mol. The molecule has 0 aromatic carbocycles. The van der Waals surface area contributed by atoms with Gasteiger partial charge in [0.15, 0.2) is 0 Å². The zero-order valence-corrected chi connectivity index (χ0v) is 4.31. The first-order valence-corrected chi connectivity index (χ1v) is 2.15. The van der Waals surface area contributed by atoms with Gasteiger partial charge in [0, 0.05) is 0 Å². The van der Waals surface area contributed by atoms with E-state index in [0.29, 0.717) is 0 Å². The standard InChI is InChI=1S/C3H3N3O3/c7-3(8)1-2-4-5-6-9-2/h1H2,(H,7,8). The van der Waals surface area contributed by atoms with Crippen molar-refractivity contribution in [1.29, 1.82) is 0 Å². The van der Waals surface area contributed by atoms with Crippen LogP contribution in [0.3, 0.4) is 0 Å². The SMILES string of the molecule is O=C(O)Cc1nnno1. The van der Waals surface area contributed by atoms with Gasteiger partial charge in [0.25, 0.3) is 5.89 Å². The Bertz CT molecular complexity index is 194. The molecule has 0 saturated carbocycles. The van der Waals surface area contributed by atoms with Gasteiger partial charge in [0.05, 0.1) is 5.27 Å². The van der Waals surface area contributed by atoms with E-state index in [9.17, 15) is 4.79 Å². The summed E-state index contributed by atoms with van der Waals surface area (Å²) in [5.74, 6) is -0.997. The third-order valence-electron chi connectivity index (χ3n) is 0.641. The van der Waals surface area contributed by atoms with Gasteiger partial charge in [-0.3, -0.25) is 4.79 Å². The molecule has 1 heterocycles. The monoisotopic (exact) mass is 129 g/mol. The van der Waals surface area contributed by atoms with Crippen molar-refractivity contribution in [3.63, 3.8) is 0 Å². The first-order chi connectivity index (χ1) is 4.29. The van der Waals surface area contributed by atoms with Crippen molar-refractivity contribution in [2.75, 3.05) is 0 Å². The molecule has 1 rings (SSSR count). The summed E-state index contributed by atoms with van der Waals surface area (Å²) in [4.78, 5) is 9.91. The van der Waals surface area contributed by atoms with Crippen LogP contribution >= 0.6 is 0 Å². The first-order valence-electron chi connectivity index (χ1n) is 2.15. The van der Waals surface area contributed by atoms with Gasteiger partial charge in [-0.15, -0.1) is 0 Å². The second kappa shape index (κ2) is 2.21. The summed E-state index contributed by atoms with van der Waals surface area (Å²) < 4.78 is 4.29. The molecule has 1 aromatic heterocycles. The average molecular weight is 129 g/mol. The van der Waals surface area contributed by atoms with Crippen molar-refractivity contribution in [2.45, 2.75) is 6.42 Å². The molecular formula is C3H3N3O3. The van der Waals surface area contributed by atoms with Gasteiger partial charge in [-0.05, 0) is 5.21 Å². The van der Waals surface area contributed by atoms with Gasteiger partial charge >= 0.3 is 5.97 Å². The van der Waals surface area contributed by atoms with Crippen LogP contribution in [0.5, 0.6) is 0 Å². The Morgan fingerprint density at radius 2 is 2.56 bits per heavy atom. The summed E-state index contributed by atoms with van der Waals surface area (Å²) in [6.07, 6.45) is -0.271. The highest BCUT2D eigenvalue weighted by atomic mass is 16.5. The van der Waals surface area contributed by atoms with Gasteiger partial charge in [0.2, 0.25) is 0 Å². The fraction of sp³-hybridized carbons (Fsp3) is 0.333. The number of hydrogen-bond donors (Lipinski definition) is 1. The largest absolute Gasteiger partial charge is 0.481 e. The summed E-state index contributed by atoms with van der Waals surface area (Å²) in [7, 11) is 0. The molecule has 0 unspecified atom stereocenters. The van der Waals surface area contributed by atoms with Crippen LogP contribution < -0.4 is 0 Å². The maximum Gasteiger partial charge on any atom is 0.312 e. The molecular weight excluding hydrogens is 126 g/mol. The van der Waals surface area contributed by atoms with E-state index in [-0.39, 0.29) is 12.3 Å². The number of carboxylic acids is 1. The quantitative estimate of drug-likeness (QED) is 0.556. The summed E-state index contributed by atoms with van der Waals surface area (Å²) in [5, 5.41) is 17.4. The maximum atomic E-state index is 9.91. The number of nitrogens with zero attached hydrogens (tertiary/aromatic N) is 3. The summed E-state index contributed by atoms with van der Waals surface area (Å²) in [6.45, 7) is 0. The lowest BCUT2D eigenvalue weighted by atomic mass is 10.4. The van der Waals surface area contributed by atoms with E-state index in [0.717, 1.165) is 0 Å². The number of carboxylic acid groups (broad SMARTS) is 1. The number of hydrogen-bond acceptors (Lipinski definition) is 5. The highest BCUT2D eigenvalue weighted by Gasteiger charge is 2.04. The van der Waals surface area contributed by atoms with E-state index in [1.54, 1.807) is 0 Å². The Hall–Kier alpha value is -1.46. The zero-order valence-electron chi connectivity index (χ0n) is 4.31. The molecule has 0 fully saturated rings. The normalized spacial score (nSPS) is 9.33. The summed E-state index contributed by atoms with van der Waals surface area (Å²) in [6, 6.07) is 0. The van der Waals surface area contributed by atoms with E-state index in [1.807, 2.05) is 0 Å². The number of rotatable bonds is 2. The van der Waals surface area contributed by atoms with E-state index in [1.165, 1.54) is 0 Å². The van der Waals surface area contributed by atoms with Crippen molar-refractivity contribution >= 4 is 5.97 Å². The molecule has 0 atom stereocenters. The van der Waals surface area contributed by atoms with Gasteiger partial charge in [-0.25, -0.2) is 0 Å². The molecule has 0 aliphatic heterocycles. The van der Waals surface area contributed by atoms with E-state index in [4.69, 9.17) is 5.11 Å². The fourth-order valence-corrected chi connectivity index (χ4v) is 0.349. The van der Waals surface area contributed by atoms with Crippen LogP contribution in [-0.4, -0.2) is 26.7 Å².